The van der Waals surface area contributed by atoms with E-state index in [9.17, 15) is 4.79 Å². The molecule has 0 aromatic heterocycles. The molecule has 2 aliphatic heterocycles. The number of nitrogens with zero attached hydrogens (tertiary/aromatic N) is 3. The number of nitrogens with one attached hydrogen (secondary N) is 2. The zero-order valence-corrected chi connectivity index (χ0v) is 19.5. The zero-order valence-electron chi connectivity index (χ0n) is 17.2. The van der Waals surface area contributed by atoms with Gasteiger partial charge in [-0.3, -0.25) is 9.69 Å². The maximum atomic E-state index is 12.3. The molecule has 0 bridgehead atoms. The van der Waals surface area contributed by atoms with Gasteiger partial charge in [-0.05, 0) is 32.1 Å². The number of carbonyl (C=O) groups excluding carboxylic acids is 1. The topological polar surface area (TPSA) is 69.2 Å². The van der Waals surface area contributed by atoms with E-state index in [1.165, 1.54) is 6.42 Å². The van der Waals surface area contributed by atoms with Crippen molar-refractivity contribution < 1.29 is 9.53 Å². The van der Waals surface area contributed by atoms with E-state index in [4.69, 9.17) is 4.74 Å². The lowest BCUT2D eigenvalue weighted by Gasteiger charge is -2.37. The molecule has 0 spiro atoms. The lowest BCUT2D eigenvalue weighted by molar-refractivity contribution is -0.130. The molecule has 1 unspecified atom stereocenters. The minimum absolute atomic E-state index is 0. The van der Waals surface area contributed by atoms with Crippen molar-refractivity contribution >= 4 is 35.8 Å². The Kier molecular flexibility index (Phi) is 12.3. The van der Waals surface area contributed by atoms with Gasteiger partial charge in [0.25, 0.3) is 0 Å². The molecule has 0 aliphatic carbocycles. The zero-order chi connectivity index (χ0) is 18.8. The first-order valence-corrected chi connectivity index (χ1v) is 10.2. The van der Waals surface area contributed by atoms with Crippen molar-refractivity contribution in [1.82, 2.24) is 20.4 Å². The van der Waals surface area contributed by atoms with Gasteiger partial charge in [0.1, 0.15) is 6.54 Å². The van der Waals surface area contributed by atoms with Crippen LogP contribution in [-0.4, -0.2) is 86.7 Å². The molecule has 2 fully saturated rings. The van der Waals surface area contributed by atoms with Gasteiger partial charge >= 0.3 is 0 Å². The largest absolute Gasteiger partial charge is 0.379 e. The fourth-order valence-electron chi connectivity index (χ4n) is 3.63. The van der Waals surface area contributed by atoms with Crippen molar-refractivity contribution in [2.75, 3.05) is 59.0 Å². The minimum atomic E-state index is 0. The Hall–Kier alpha value is -0.610. The van der Waals surface area contributed by atoms with Gasteiger partial charge in [0.05, 0.1) is 13.2 Å². The van der Waals surface area contributed by atoms with Crippen LogP contribution in [0.15, 0.2) is 4.99 Å². The highest BCUT2D eigenvalue weighted by Crippen LogP contribution is 2.12. The molecule has 1 amide bonds. The van der Waals surface area contributed by atoms with Gasteiger partial charge in [0.2, 0.25) is 5.91 Å². The number of aliphatic imine (C=N–C) groups is 1. The normalized spacial score (nSPS) is 20.1. The molecule has 158 valence electrons. The molecule has 2 aliphatic rings. The van der Waals surface area contributed by atoms with E-state index in [2.05, 4.69) is 34.4 Å². The fourth-order valence-corrected chi connectivity index (χ4v) is 3.63. The van der Waals surface area contributed by atoms with Crippen LogP contribution in [0.1, 0.15) is 40.0 Å². The maximum Gasteiger partial charge on any atom is 0.244 e. The number of likely N-dealkylation sites (tertiary alicyclic amines) is 1. The molecule has 2 rings (SSSR count). The second-order valence-electron chi connectivity index (χ2n) is 7.48. The van der Waals surface area contributed by atoms with E-state index >= 15 is 0 Å². The first kappa shape index (κ1) is 24.4. The third-order valence-corrected chi connectivity index (χ3v) is 5.19. The van der Waals surface area contributed by atoms with Gasteiger partial charge in [-0.15, -0.1) is 24.0 Å². The summed E-state index contributed by atoms with van der Waals surface area (Å²) >= 11 is 0. The van der Waals surface area contributed by atoms with Gasteiger partial charge in [-0.2, -0.15) is 0 Å². The van der Waals surface area contributed by atoms with E-state index in [0.29, 0.717) is 12.0 Å². The molecule has 2 N–H and O–H groups in total. The van der Waals surface area contributed by atoms with Crippen LogP contribution in [0.3, 0.4) is 0 Å². The highest BCUT2D eigenvalue weighted by Gasteiger charge is 2.24. The Morgan fingerprint density at radius 3 is 2.33 bits per heavy atom. The van der Waals surface area contributed by atoms with Crippen molar-refractivity contribution in [1.29, 1.82) is 0 Å². The third kappa shape index (κ3) is 8.51. The molecule has 0 saturated carbocycles. The Bertz CT molecular complexity index is 449. The van der Waals surface area contributed by atoms with Crippen LogP contribution >= 0.6 is 24.0 Å². The van der Waals surface area contributed by atoms with Gasteiger partial charge in [0.15, 0.2) is 5.96 Å². The van der Waals surface area contributed by atoms with E-state index in [1.54, 1.807) is 0 Å². The summed E-state index contributed by atoms with van der Waals surface area (Å²) in [4.78, 5) is 21.3. The first-order valence-electron chi connectivity index (χ1n) is 10.2. The second-order valence-corrected chi connectivity index (χ2v) is 7.48. The predicted octanol–water partition coefficient (Wildman–Crippen LogP) is 1.53. The van der Waals surface area contributed by atoms with Crippen LogP contribution in [0.25, 0.3) is 0 Å². The van der Waals surface area contributed by atoms with Crippen LogP contribution in [0, 0.1) is 5.92 Å². The van der Waals surface area contributed by atoms with Gasteiger partial charge < -0.3 is 20.3 Å². The molecular weight excluding hydrogens is 457 g/mol. The van der Waals surface area contributed by atoms with Crippen LogP contribution in [0.4, 0.5) is 0 Å². The van der Waals surface area contributed by atoms with E-state index in [-0.39, 0.29) is 36.4 Å². The van der Waals surface area contributed by atoms with Crippen molar-refractivity contribution in [3.63, 3.8) is 0 Å². The molecule has 0 radical (unpaired) electrons. The van der Waals surface area contributed by atoms with Gasteiger partial charge in [0, 0.05) is 45.3 Å². The minimum Gasteiger partial charge on any atom is -0.379 e. The Balaban J connectivity index is 0.00000364. The number of ether oxygens (including phenoxy) is 1. The predicted molar refractivity (Wildman–Crippen MR) is 121 cm³/mol. The number of piperidine rings is 1. The smallest absolute Gasteiger partial charge is 0.244 e. The summed E-state index contributed by atoms with van der Waals surface area (Å²) in [5.41, 5.74) is 0. The van der Waals surface area contributed by atoms with Gasteiger partial charge in [-0.25, -0.2) is 4.99 Å². The van der Waals surface area contributed by atoms with Crippen molar-refractivity contribution in [3.8, 4) is 0 Å². The van der Waals surface area contributed by atoms with Crippen molar-refractivity contribution in [2.45, 2.75) is 46.1 Å². The summed E-state index contributed by atoms with van der Waals surface area (Å²) in [6.45, 7) is 13.7. The number of halogens is 1. The van der Waals surface area contributed by atoms with E-state index < -0.39 is 0 Å². The van der Waals surface area contributed by atoms with Crippen molar-refractivity contribution in [2.24, 2.45) is 10.9 Å². The lowest BCUT2D eigenvalue weighted by atomic mass is 10.0. The van der Waals surface area contributed by atoms with Crippen LogP contribution in [-0.2, 0) is 9.53 Å². The average molecular weight is 495 g/mol. The summed E-state index contributed by atoms with van der Waals surface area (Å²) in [5, 5.41) is 6.71. The quantitative estimate of drug-likeness (QED) is 0.319. The monoisotopic (exact) mass is 495 g/mol. The SMILES string of the molecule is CCNC(=NCC(=O)N1CCCCC1)NCC(C(C)C)N1CCOCC1.I. The third-order valence-electron chi connectivity index (χ3n) is 5.19. The summed E-state index contributed by atoms with van der Waals surface area (Å²) in [5.74, 6) is 1.41. The highest BCUT2D eigenvalue weighted by atomic mass is 127. The van der Waals surface area contributed by atoms with E-state index in [0.717, 1.165) is 71.3 Å². The maximum absolute atomic E-state index is 12.3. The summed E-state index contributed by atoms with van der Waals surface area (Å²) in [7, 11) is 0. The van der Waals surface area contributed by atoms with Crippen molar-refractivity contribution in [3.05, 3.63) is 0 Å². The number of hydrogen-bond donors (Lipinski definition) is 2. The summed E-state index contributed by atoms with van der Waals surface area (Å²) in [6.07, 6.45) is 3.46. The molecule has 7 nitrogen and oxygen atoms in total. The summed E-state index contributed by atoms with van der Waals surface area (Å²) < 4.78 is 5.48. The number of carbonyl (C=O) groups is 1. The number of guanidine groups is 1. The fraction of sp³-hybridized carbons (Fsp3) is 0.895. The molecule has 2 saturated heterocycles. The molecule has 8 heteroatoms. The molecular formula is C19H38IN5O2. The number of amides is 1. The number of hydrogen-bond acceptors (Lipinski definition) is 4. The molecule has 1 atom stereocenters. The highest BCUT2D eigenvalue weighted by molar-refractivity contribution is 14.0. The van der Waals surface area contributed by atoms with Crippen LogP contribution in [0.2, 0.25) is 0 Å². The number of morpholine rings is 1. The van der Waals surface area contributed by atoms with Crippen LogP contribution in [0.5, 0.6) is 0 Å². The molecule has 0 aromatic carbocycles. The van der Waals surface area contributed by atoms with Gasteiger partial charge in [-0.1, -0.05) is 13.8 Å². The Labute approximate surface area is 181 Å². The standard InChI is InChI=1S/C19H37N5O2.HI/c1-4-20-19(22-15-18(25)24-8-6-5-7-9-24)21-14-17(16(2)3)23-10-12-26-13-11-23;/h16-17H,4-15H2,1-3H3,(H2,20,21,22);1H. The Morgan fingerprint density at radius 2 is 1.74 bits per heavy atom. The second kappa shape index (κ2) is 13.5. The molecule has 2 heterocycles. The lowest BCUT2D eigenvalue weighted by Crippen LogP contribution is -2.52. The molecule has 27 heavy (non-hydrogen) atoms. The number of rotatable bonds is 7. The Morgan fingerprint density at radius 1 is 1.07 bits per heavy atom. The summed E-state index contributed by atoms with van der Waals surface area (Å²) in [6, 6.07) is 0.431. The van der Waals surface area contributed by atoms with E-state index in [1.807, 2.05) is 11.8 Å². The first-order chi connectivity index (χ1) is 12.6. The molecule has 0 aromatic rings. The average Bonchev–Trinajstić information content (AvgIpc) is 2.67. The van der Waals surface area contributed by atoms with Crippen LogP contribution < -0.4 is 10.6 Å².